The van der Waals surface area contributed by atoms with Crippen LogP contribution in [0.3, 0.4) is 0 Å². The molecule has 0 radical (unpaired) electrons. The summed E-state index contributed by atoms with van der Waals surface area (Å²) in [6.45, 7) is 3.20. The number of rotatable bonds is 5. The van der Waals surface area contributed by atoms with Gasteiger partial charge in [-0.05, 0) is 37.0 Å². The van der Waals surface area contributed by atoms with Gasteiger partial charge in [0.1, 0.15) is 12.4 Å². The Labute approximate surface area is 137 Å². The number of halogens is 1. The average molecular weight is 325 g/mol. The Bertz CT molecular complexity index is 495. The number of benzene rings is 1. The standard InChI is InChI=1S/C17H25ClN2O2/c1-13-6-3-4-9-16(13)19-17(21)20(2)10-11-22-15-8-5-7-14(18)12-15/h5,7-8,12-13,16H,3-4,6,9-11H2,1-2H3,(H,19,21)/t13-,16+/m0/s1. The van der Waals surface area contributed by atoms with Crippen LogP contribution in [-0.2, 0) is 0 Å². The third kappa shape index (κ3) is 5.09. The third-order valence-corrected chi connectivity index (χ3v) is 4.49. The second kappa shape index (κ2) is 8.28. The van der Waals surface area contributed by atoms with Crippen LogP contribution in [-0.4, -0.2) is 37.2 Å². The Kier molecular flexibility index (Phi) is 6.37. The first-order valence-electron chi connectivity index (χ1n) is 7.96. The fourth-order valence-electron chi connectivity index (χ4n) is 2.76. The van der Waals surface area contributed by atoms with Crippen molar-refractivity contribution in [3.8, 4) is 5.75 Å². The van der Waals surface area contributed by atoms with Gasteiger partial charge in [0.2, 0.25) is 0 Å². The van der Waals surface area contributed by atoms with Crippen LogP contribution in [0.1, 0.15) is 32.6 Å². The number of amides is 2. The minimum Gasteiger partial charge on any atom is -0.492 e. The van der Waals surface area contributed by atoms with Crippen LogP contribution >= 0.6 is 11.6 Å². The lowest BCUT2D eigenvalue weighted by atomic mass is 9.86. The molecule has 2 rings (SSSR count). The van der Waals surface area contributed by atoms with E-state index in [1.165, 1.54) is 19.3 Å². The molecular weight excluding hydrogens is 300 g/mol. The Morgan fingerprint density at radius 3 is 2.91 bits per heavy atom. The van der Waals surface area contributed by atoms with Crippen molar-refractivity contribution in [2.45, 2.75) is 38.6 Å². The molecule has 1 N–H and O–H groups in total. The predicted molar refractivity (Wildman–Crippen MR) is 89.5 cm³/mol. The zero-order valence-electron chi connectivity index (χ0n) is 13.3. The minimum atomic E-state index is -0.0200. The van der Waals surface area contributed by atoms with Crippen molar-refractivity contribution < 1.29 is 9.53 Å². The summed E-state index contributed by atoms with van der Waals surface area (Å²) < 4.78 is 5.61. The average Bonchev–Trinajstić information content (AvgIpc) is 2.49. The summed E-state index contributed by atoms with van der Waals surface area (Å²) in [6, 6.07) is 7.56. The molecule has 2 atom stereocenters. The fraction of sp³-hybridized carbons (Fsp3) is 0.588. The topological polar surface area (TPSA) is 41.6 Å². The Morgan fingerprint density at radius 1 is 1.41 bits per heavy atom. The molecule has 1 aliphatic rings. The van der Waals surface area contributed by atoms with Crippen LogP contribution in [0.5, 0.6) is 5.75 Å². The number of urea groups is 1. The Balaban J connectivity index is 1.72. The summed E-state index contributed by atoms with van der Waals surface area (Å²) in [5.74, 6) is 1.29. The number of hydrogen-bond donors (Lipinski definition) is 1. The molecule has 22 heavy (non-hydrogen) atoms. The van der Waals surface area contributed by atoms with Crippen LogP contribution in [0.15, 0.2) is 24.3 Å². The van der Waals surface area contributed by atoms with Gasteiger partial charge >= 0.3 is 6.03 Å². The van der Waals surface area contributed by atoms with Crippen LogP contribution < -0.4 is 10.1 Å². The smallest absolute Gasteiger partial charge is 0.317 e. The van der Waals surface area contributed by atoms with E-state index in [9.17, 15) is 4.79 Å². The van der Waals surface area contributed by atoms with Crippen molar-refractivity contribution in [3.63, 3.8) is 0 Å². The summed E-state index contributed by atoms with van der Waals surface area (Å²) in [6.07, 6.45) is 4.76. The molecule has 1 aromatic rings. The molecule has 2 amide bonds. The summed E-state index contributed by atoms with van der Waals surface area (Å²) in [4.78, 5) is 13.9. The van der Waals surface area contributed by atoms with Crippen molar-refractivity contribution >= 4 is 17.6 Å². The molecule has 0 saturated heterocycles. The van der Waals surface area contributed by atoms with Gasteiger partial charge in [-0.3, -0.25) is 0 Å². The van der Waals surface area contributed by atoms with E-state index in [4.69, 9.17) is 16.3 Å². The van der Waals surface area contributed by atoms with Gasteiger partial charge in [0, 0.05) is 18.1 Å². The molecule has 1 aliphatic carbocycles. The maximum absolute atomic E-state index is 12.2. The van der Waals surface area contributed by atoms with Gasteiger partial charge in [0.15, 0.2) is 0 Å². The van der Waals surface area contributed by atoms with E-state index in [2.05, 4.69) is 12.2 Å². The number of ether oxygens (including phenoxy) is 1. The van der Waals surface area contributed by atoms with Gasteiger partial charge in [-0.15, -0.1) is 0 Å². The molecule has 0 bridgehead atoms. The first-order valence-corrected chi connectivity index (χ1v) is 8.34. The Morgan fingerprint density at radius 2 is 2.18 bits per heavy atom. The number of nitrogens with zero attached hydrogens (tertiary/aromatic N) is 1. The number of carbonyl (C=O) groups excluding carboxylic acids is 1. The lowest BCUT2D eigenvalue weighted by Gasteiger charge is -2.31. The highest BCUT2D eigenvalue weighted by atomic mass is 35.5. The normalized spacial score (nSPS) is 21.2. The molecule has 122 valence electrons. The second-order valence-electron chi connectivity index (χ2n) is 6.05. The molecule has 4 nitrogen and oxygen atoms in total. The van der Waals surface area contributed by atoms with Crippen molar-refractivity contribution in [1.82, 2.24) is 10.2 Å². The van der Waals surface area contributed by atoms with E-state index in [0.717, 1.165) is 12.2 Å². The quantitative estimate of drug-likeness (QED) is 0.891. The highest BCUT2D eigenvalue weighted by molar-refractivity contribution is 6.30. The summed E-state index contributed by atoms with van der Waals surface area (Å²) >= 11 is 5.90. The predicted octanol–water partition coefficient (Wildman–Crippen LogP) is 3.94. The lowest BCUT2D eigenvalue weighted by molar-refractivity contribution is 0.181. The first kappa shape index (κ1) is 16.9. The van der Waals surface area contributed by atoms with E-state index in [0.29, 0.717) is 30.1 Å². The van der Waals surface area contributed by atoms with Gasteiger partial charge in [0.25, 0.3) is 0 Å². The van der Waals surface area contributed by atoms with Crippen molar-refractivity contribution in [2.75, 3.05) is 20.2 Å². The maximum Gasteiger partial charge on any atom is 0.317 e. The molecule has 5 heteroatoms. The monoisotopic (exact) mass is 324 g/mol. The number of carbonyl (C=O) groups is 1. The molecule has 0 unspecified atom stereocenters. The van der Waals surface area contributed by atoms with Crippen LogP contribution in [0.2, 0.25) is 5.02 Å². The molecular formula is C17H25ClN2O2. The highest BCUT2D eigenvalue weighted by Gasteiger charge is 2.23. The SMILES string of the molecule is C[C@H]1CCCC[C@H]1NC(=O)N(C)CCOc1cccc(Cl)c1. The van der Waals surface area contributed by atoms with E-state index < -0.39 is 0 Å². The fourth-order valence-corrected chi connectivity index (χ4v) is 2.94. The van der Waals surface area contributed by atoms with Crippen molar-refractivity contribution in [1.29, 1.82) is 0 Å². The maximum atomic E-state index is 12.2. The van der Waals surface area contributed by atoms with E-state index in [-0.39, 0.29) is 6.03 Å². The number of nitrogens with one attached hydrogen (secondary N) is 1. The molecule has 1 saturated carbocycles. The van der Waals surface area contributed by atoms with Crippen LogP contribution in [0.25, 0.3) is 0 Å². The number of likely N-dealkylation sites (N-methyl/N-ethyl adjacent to an activating group) is 1. The van der Waals surface area contributed by atoms with Crippen molar-refractivity contribution in [2.24, 2.45) is 5.92 Å². The van der Waals surface area contributed by atoms with E-state index >= 15 is 0 Å². The Hall–Kier alpha value is -1.42. The highest BCUT2D eigenvalue weighted by Crippen LogP contribution is 2.23. The summed E-state index contributed by atoms with van der Waals surface area (Å²) in [7, 11) is 1.80. The van der Waals surface area contributed by atoms with Crippen molar-refractivity contribution in [3.05, 3.63) is 29.3 Å². The molecule has 1 fully saturated rings. The third-order valence-electron chi connectivity index (χ3n) is 4.26. The van der Waals surface area contributed by atoms with E-state index in [1.54, 1.807) is 24.1 Å². The molecule has 0 heterocycles. The molecule has 0 aliphatic heterocycles. The van der Waals surface area contributed by atoms with Gasteiger partial charge in [-0.1, -0.05) is 37.4 Å². The molecule has 0 spiro atoms. The van der Waals surface area contributed by atoms with Gasteiger partial charge in [-0.2, -0.15) is 0 Å². The molecule has 1 aromatic carbocycles. The first-order chi connectivity index (χ1) is 10.6. The zero-order valence-corrected chi connectivity index (χ0v) is 14.1. The van der Waals surface area contributed by atoms with Crippen LogP contribution in [0.4, 0.5) is 4.79 Å². The van der Waals surface area contributed by atoms with E-state index in [1.807, 2.05) is 12.1 Å². The largest absolute Gasteiger partial charge is 0.492 e. The van der Waals surface area contributed by atoms with Crippen LogP contribution in [0, 0.1) is 5.92 Å². The van der Waals surface area contributed by atoms with Gasteiger partial charge in [-0.25, -0.2) is 4.79 Å². The minimum absolute atomic E-state index is 0.0200. The molecule has 0 aromatic heterocycles. The lowest BCUT2D eigenvalue weighted by Crippen LogP contribution is -2.47. The second-order valence-corrected chi connectivity index (χ2v) is 6.48. The number of hydrogen-bond acceptors (Lipinski definition) is 2. The summed E-state index contributed by atoms with van der Waals surface area (Å²) in [5.41, 5.74) is 0. The zero-order chi connectivity index (χ0) is 15.9. The van der Waals surface area contributed by atoms with Gasteiger partial charge < -0.3 is 15.0 Å². The summed E-state index contributed by atoms with van der Waals surface area (Å²) in [5, 5.41) is 3.78. The van der Waals surface area contributed by atoms with Gasteiger partial charge in [0.05, 0.1) is 6.54 Å².